The van der Waals surface area contributed by atoms with Crippen molar-refractivity contribution in [3.63, 3.8) is 0 Å². The third kappa shape index (κ3) is 2.40. The van der Waals surface area contributed by atoms with Crippen molar-refractivity contribution in [2.75, 3.05) is 12.0 Å². The van der Waals surface area contributed by atoms with Crippen LogP contribution in [0.3, 0.4) is 0 Å². The van der Waals surface area contributed by atoms with E-state index in [1.807, 2.05) is 54.8 Å². The molecule has 0 radical (unpaired) electrons. The Hall–Kier alpha value is -2.95. The second-order valence-electron chi connectivity index (χ2n) is 5.04. The number of benzene rings is 3. The van der Waals surface area contributed by atoms with Gasteiger partial charge >= 0.3 is 0 Å². The smallest absolute Gasteiger partial charge is 0.103 e. The van der Waals surface area contributed by atoms with E-state index in [1.165, 1.54) is 11.8 Å². The first-order valence-electron chi connectivity index (χ1n) is 7.00. The van der Waals surface area contributed by atoms with Crippen LogP contribution < -0.4 is 5.73 Å². The van der Waals surface area contributed by atoms with Crippen molar-refractivity contribution in [2.45, 2.75) is 4.90 Å². The maximum atomic E-state index is 9.57. The van der Waals surface area contributed by atoms with E-state index in [0.29, 0.717) is 11.1 Å². The molecular formula is C19H13N3S. The number of rotatable bonds is 2. The van der Waals surface area contributed by atoms with Gasteiger partial charge in [-0.05, 0) is 28.7 Å². The van der Waals surface area contributed by atoms with Crippen LogP contribution >= 0.6 is 11.8 Å². The van der Waals surface area contributed by atoms with Crippen molar-refractivity contribution in [1.29, 1.82) is 10.5 Å². The van der Waals surface area contributed by atoms with Crippen molar-refractivity contribution in [3.8, 4) is 23.3 Å². The minimum Gasteiger partial charge on any atom is -0.397 e. The summed E-state index contributed by atoms with van der Waals surface area (Å²) in [5.74, 6) is 0. The van der Waals surface area contributed by atoms with Crippen LogP contribution in [0, 0.1) is 22.7 Å². The number of nitrogens with two attached hydrogens (primary N) is 1. The van der Waals surface area contributed by atoms with Crippen LogP contribution in [0.5, 0.6) is 0 Å². The lowest BCUT2D eigenvalue weighted by Gasteiger charge is -2.14. The number of fused-ring (bicyclic) bond motifs is 1. The van der Waals surface area contributed by atoms with E-state index in [-0.39, 0.29) is 5.69 Å². The largest absolute Gasteiger partial charge is 0.397 e. The highest BCUT2D eigenvalue weighted by Crippen LogP contribution is 2.38. The molecule has 2 N–H and O–H groups in total. The van der Waals surface area contributed by atoms with Gasteiger partial charge in [0.15, 0.2) is 0 Å². The molecule has 3 aromatic carbocycles. The fourth-order valence-corrected chi connectivity index (χ4v) is 3.34. The summed E-state index contributed by atoms with van der Waals surface area (Å²) in [5.41, 5.74) is 8.81. The summed E-state index contributed by atoms with van der Waals surface area (Å²) in [5, 5.41) is 21.1. The summed E-state index contributed by atoms with van der Waals surface area (Å²) in [6, 6.07) is 20.2. The van der Waals surface area contributed by atoms with Crippen molar-refractivity contribution < 1.29 is 0 Å². The monoisotopic (exact) mass is 315 g/mol. The lowest BCUT2D eigenvalue weighted by atomic mass is 9.92. The molecule has 110 valence electrons. The average molecular weight is 315 g/mol. The molecule has 0 aliphatic rings. The summed E-state index contributed by atoms with van der Waals surface area (Å²) in [7, 11) is 0. The summed E-state index contributed by atoms with van der Waals surface area (Å²) < 4.78 is 0. The highest BCUT2D eigenvalue weighted by atomic mass is 32.2. The van der Waals surface area contributed by atoms with Gasteiger partial charge in [0, 0.05) is 10.5 Å². The predicted molar refractivity (Wildman–Crippen MR) is 95.0 cm³/mol. The van der Waals surface area contributed by atoms with E-state index in [9.17, 15) is 10.5 Å². The standard InChI is InChI=1S/C19H13N3S/c1-23-18-9-15(16(10-20)19(22)17(18)11-21)14-8-4-6-12-5-2-3-7-13(12)14/h2-9H,22H2,1H3. The zero-order chi connectivity index (χ0) is 16.4. The summed E-state index contributed by atoms with van der Waals surface area (Å²) in [6.07, 6.45) is 1.90. The van der Waals surface area contributed by atoms with E-state index in [2.05, 4.69) is 12.1 Å². The SMILES string of the molecule is CSc1cc(-c2cccc3ccccc23)c(C#N)c(N)c1C#N. The van der Waals surface area contributed by atoms with Crippen molar-refractivity contribution in [2.24, 2.45) is 0 Å². The molecule has 0 saturated heterocycles. The summed E-state index contributed by atoms with van der Waals surface area (Å²) >= 11 is 1.46. The number of anilines is 1. The average Bonchev–Trinajstić information content (AvgIpc) is 2.60. The van der Waals surface area contributed by atoms with Crippen LogP contribution in [0.1, 0.15) is 11.1 Å². The van der Waals surface area contributed by atoms with Gasteiger partial charge in [0.25, 0.3) is 0 Å². The quantitative estimate of drug-likeness (QED) is 0.556. The normalized spacial score (nSPS) is 10.2. The molecule has 23 heavy (non-hydrogen) atoms. The number of hydrogen-bond donors (Lipinski definition) is 1. The third-order valence-corrected chi connectivity index (χ3v) is 4.61. The first kappa shape index (κ1) is 15.0. The van der Waals surface area contributed by atoms with Gasteiger partial charge in [-0.3, -0.25) is 0 Å². The molecule has 3 aromatic rings. The van der Waals surface area contributed by atoms with Crippen LogP contribution in [0.15, 0.2) is 53.4 Å². The van der Waals surface area contributed by atoms with Crippen LogP contribution in [-0.2, 0) is 0 Å². The molecule has 3 rings (SSSR count). The minimum absolute atomic E-state index is 0.254. The molecule has 0 atom stereocenters. The van der Waals surface area contributed by atoms with Crippen LogP contribution in [-0.4, -0.2) is 6.26 Å². The molecule has 0 saturated carbocycles. The van der Waals surface area contributed by atoms with Gasteiger partial charge in [0.05, 0.1) is 16.8 Å². The molecule has 3 nitrogen and oxygen atoms in total. The van der Waals surface area contributed by atoms with E-state index < -0.39 is 0 Å². The maximum Gasteiger partial charge on any atom is 0.103 e. The Labute approximate surface area is 139 Å². The number of thioether (sulfide) groups is 1. The van der Waals surface area contributed by atoms with E-state index in [0.717, 1.165) is 26.8 Å². The van der Waals surface area contributed by atoms with Gasteiger partial charge in [-0.25, -0.2) is 0 Å². The van der Waals surface area contributed by atoms with E-state index in [1.54, 1.807) is 0 Å². The van der Waals surface area contributed by atoms with Crippen LogP contribution in [0.25, 0.3) is 21.9 Å². The minimum atomic E-state index is 0.254. The molecule has 4 heteroatoms. The molecule has 0 unspecified atom stereocenters. The number of nitrogens with zero attached hydrogens (tertiary/aromatic N) is 2. The van der Waals surface area contributed by atoms with Gasteiger partial charge < -0.3 is 5.73 Å². The van der Waals surface area contributed by atoms with Crippen molar-refractivity contribution >= 4 is 28.2 Å². The Morgan fingerprint density at radius 2 is 1.61 bits per heavy atom. The zero-order valence-electron chi connectivity index (χ0n) is 12.5. The Balaban J connectivity index is 2.42. The number of nitriles is 2. The fraction of sp³-hybridized carbons (Fsp3) is 0.0526. The van der Waals surface area contributed by atoms with Gasteiger partial charge in [0.2, 0.25) is 0 Å². The van der Waals surface area contributed by atoms with Crippen molar-refractivity contribution in [3.05, 3.63) is 59.7 Å². The third-order valence-electron chi connectivity index (χ3n) is 3.85. The van der Waals surface area contributed by atoms with Crippen molar-refractivity contribution in [1.82, 2.24) is 0 Å². The molecule has 0 heterocycles. The topological polar surface area (TPSA) is 73.6 Å². The van der Waals surface area contributed by atoms with Gasteiger partial charge in [-0.2, -0.15) is 10.5 Å². The maximum absolute atomic E-state index is 9.57. The van der Waals surface area contributed by atoms with E-state index in [4.69, 9.17) is 5.73 Å². The summed E-state index contributed by atoms with van der Waals surface area (Å²) in [4.78, 5) is 0.784. The molecule has 0 aromatic heterocycles. The van der Waals surface area contributed by atoms with Gasteiger partial charge in [-0.15, -0.1) is 11.8 Å². The molecule has 0 bridgehead atoms. The molecule has 0 spiro atoms. The Kier molecular flexibility index (Phi) is 3.93. The second kappa shape index (κ2) is 6.04. The Bertz CT molecular complexity index is 989. The molecule has 0 aliphatic heterocycles. The highest BCUT2D eigenvalue weighted by Gasteiger charge is 2.18. The lowest BCUT2D eigenvalue weighted by Crippen LogP contribution is -2.00. The molecular weight excluding hydrogens is 302 g/mol. The zero-order valence-corrected chi connectivity index (χ0v) is 13.3. The van der Waals surface area contributed by atoms with Gasteiger partial charge in [-0.1, -0.05) is 42.5 Å². The van der Waals surface area contributed by atoms with E-state index >= 15 is 0 Å². The summed E-state index contributed by atoms with van der Waals surface area (Å²) in [6.45, 7) is 0. The predicted octanol–water partition coefficient (Wildman–Crippen LogP) is 4.55. The first-order valence-corrected chi connectivity index (χ1v) is 8.22. The second-order valence-corrected chi connectivity index (χ2v) is 5.89. The van der Waals surface area contributed by atoms with Crippen LogP contribution in [0.4, 0.5) is 5.69 Å². The highest BCUT2D eigenvalue weighted by molar-refractivity contribution is 7.98. The Morgan fingerprint density at radius 1 is 0.913 bits per heavy atom. The van der Waals surface area contributed by atoms with Crippen LogP contribution in [0.2, 0.25) is 0 Å². The number of hydrogen-bond acceptors (Lipinski definition) is 4. The van der Waals surface area contributed by atoms with Gasteiger partial charge in [0.1, 0.15) is 12.1 Å². The Morgan fingerprint density at radius 3 is 2.30 bits per heavy atom. The number of nitrogen functional groups attached to an aromatic ring is 1. The lowest BCUT2D eigenvalue weighted by molar-refractivity contribution is 1.35. The fourth-order valence-electron chi connectivity index (χ4n) is 2.75. The first-order chi connectivity index (χ1) is 11.2. The molecule has 0 aliphatic carbocycles. The molecule has 0 fully saturated rings. The molecule has 0 amide bonds.